The number of piperazine rings is 1. The first kappa shape index (κ1) is 28.5. The van der Waals surface area contributed by atoms with Crippen LogP contribution >= 0.6 is 11.6 Å². The van der Waals surface area contributed by atoms with Crippen LogP contribution in [-0.2, 0) is 23.1 Å². The van der Waals surface area contributed by atoms with E-state index in [4.69, 9.17) is 26.3 Å². The Hall–Kier alpha value is -3.29. The summed E-state index contributed by atoms with van der Waals surface area (Å²) >= 11 is 6.53. The lowest BCUT2D eigenvalue weighted by molar-refractivity contribution is -0.131. The predicted octanol–water partition coefficient (Wildman–Crippen LogP) is 4.86. The maximum Gasteiger partial charge on any atom is 0.318 e. The Labute approximate surface area is 255 Å². The third kappa shape index (κ3) is 4.67. The van der Waals surface area contributed by atoms with Crippen LogP contribution in [0.15, 0.2) is 30.6 Å². The van der Waals surface area contributed by atoms with Crippen molar-refractivity contribution in [1.29, 1.82) is 5.26 Å². The van der Waals surface area contributed by atoms with Gasteiger partial charge in [-0.1, -0.05) is 30.3 Å². The molecule has 8 nitrogen and oxygen atoms in total. The van der Waals surface area contributed by atoms with E-state index in [0.29, 0.717) is 61.4 Å². The molecule has 1 spiro atoms. The molecular weight excluding hydrogens is 574 g/mol. The molecule has 7 rings (SSSR count). The first-order valence-corrected chi connectivity index (χ1v) is 15.5. The number of benzene rings is 1. The van der Waals surface area contributed by atoms with E-state index in [-0.39, 0.29) is 31.6 Å². The van der Waals surface area contributed by atoms with Crippen molar-refractivity contribution >= 4 is 23.3 Å². The second kappa shape index (κ2) is 10.7. The number of nitrogens with zero attached hydrogens (tertiary/aromatic N) is 6. The van der Waals surface area contributed by atoms with Crippen LogP contribution in [0.1, 0.15) is 60.7 Å². The van der Waals surface area contributed by atoms with Gasteiger partial charge in [-0.2, -0.15) is 15.2 Å². The van der Waals surface area contributed by atoms with E-state index in [1.165, 1.54) is 11.3 Å². The van der Waals surface area contributed by atoms with Crippen LogP contribution < -0.4 is 9.64 Å². The number of carbonyl (C=O) groups excluding carboxylic acids is 1. The topological polar surface area (TPSA) is 85.6 Å². The van der Waals surface area contributed by atoms with E-state index in [2.05, 4.69) is 24.6 Å². The fraction of sp³-hybridized carbons (Fsp3) is 0.562. The van der Waals surface area contributed by atoms with Crippen molar-refractivity contribution in [3.05, 3.63) is 58.0 Å². The molecule has 3 heterocycles. The average molecular weight is 609 g/mol. The van der Waals surface area contributed by atoms with Crippen LogP contribution in [0, 0.1) is 17.2 Å². The highest BCUT2D eigenvalue weighted by molar-refractivity contribution is 6.31. The third-order valence-corrected chi connectivity index (χ3v) is 10.9. The molecule has 3 fully saturated rings. The summed E-state index contributed by atoms with van der Waals surface area (Å²) in [5, 5.41) is 10.2. The van der Waals surface area contributed by atoms with E-state index in [0.717, 1.165) is 29.0 Å². The van der Waals surface area contributed by atoms with Crippen LogP contribution in [0.3, 0.4) is 0 Å². The summed E-state index contributed by atoms with van der Waals surface area (Å²) in [6.45, 7) is 4.36. The quantitative estimate of drug-likeness (QED) is 0.433. The molecule has 2 aliphatic heterocycles. The van der Waals surface area contributed by atoms with Gasteiger partial charge in [0.15, 0.2) is 12.0 Å². The van der Waals surface area contributed by atoms with Crippen molar-refractivity contribution in [3.63, 3.8) is 0 Å². The highest BCUT2D eigenvalue weighted by Crippen LogP contribution is 2.57. The van der Waals surface area contributed by atoms with E-state index in [9.17, 15) is 14.4 Å². The van der Waals surface area contributed by atoms with Crippen LogP contribution in [0.2, 0.25) is 5.02 Å². The molecule has 1 saturated carbocycles. The van der Waals surface area contributed by atoms with E-state index >= 15 is 4.39 Å². The number of carbonyl (C=O) groups is 1. The van der Waals surface area contributed by atoms with Gasteiger partial charge in [-0.25, -0.2) is 8.78 Å². The monoisotopic (exact) mass is 608 g/mol. The fourth-order valence-electron chi connectivity index (χ4n) is 8.14. The number of rotatable bonds is 6. The zero-order valence-corrected chi connectivity index (χ0v) is 25.0. The Morgan fingerprint density at radius 1 is 1.21 bits per heavy atom. The number of anilines is 1. The summed E-state index contributed by atoms with van der Waals surface area (Å²) in [5.41, 5.74) is 2.32. The summed E-state index contributed by atoms with van der Waals surface area (Å²) < 4.78 is 37.1. The molecular formula is C32H35ClF2N6O2. The van der Waals surface area contributed by atoms with Crippen molar-refractivity contribution < 1.29 is 18.3 Å². The van der Waals surface area contributed by atoms with Crippen molar-refractivity contribution in [2.75, 3.05) is 38.2 Å². The number of ether oxygens (including phenoxy) is 1. The summed E-state index contributed by atoms with van der Waals surface area (Å²) in [4.78, 5) is 27.8. The van der Waals surface area contributed by atoms with Crippen LogP contribution in [-0.4, -0.2) is 77.1 Å². The Morgan fingerprint density at radius 3 is 2.72 bits per heavy atom. The van der Waals surface area contributed by atoms with Crippen LogP contribution in [0.25, 0.3) is 0 Å². The number of amides is 1. The Balaban J connectivity index is 1.24. The van der Waals surface area contributed by atoms with Gasteiger partial charge in [0.05, 0.1) is 24.2 Å². The molecule has 3 aliphatic carbocycles. The highest BCUT2D eigenvalue weighted by atomic mass is 35.5. The second-order valence-corrected chi connectivity index (χ2v) is 13.2. The smallest absolute Gasteiger partial charge is 0.318 e. The molecule has 1 amide bonds. The van der Waals surface area contributed by atoms with Crippen molar-refractivity contribution in [2.45, 2.75) is 74.7 Å². The van der Waals surface area contributed by atoms with Gasteiger partial charge >= 0.3 is 6.01 Å². The molecule has 2 aromatic rings. The molecule has 11 heteroatoms. The predicted molar refractivity (Wildman–Crippen MR) is 157 cm³/mol. The van der Waals surface area contributed by atoms with Crippen molar-refractivity contribution in [3.8, 4) is 12.1 Å². The number of likely N-dealkylation sites (N-methyl/N-ethyl adjacent to an activating group) is 1. The number of aromatic nitrogens is 2. The van der Waals surface area contributed by atoms with Gasteiger partial charge < -0.3 is 14.5 Å². The minimum atomic E-state index is -1.38. The Kier molecular flexibility index (Phi) is 7.09. The molecule has 0 bridgehead atoms. The first-order valence-electron chi connectivity index (χ1n) is 15.2. The highest BCUT2D eigenvalue weighted by Gasteiger charge is 2.52. The Bertz CT molecular complexity index is 1530. The normalized spacial score (nSPS) is 30.9. The largest absolute Gasteiger partial charge is 0.462 e. The lowest BCUT2D eigenvalue weighted by Gasteiger charge is -2.43. The second-order valence-electron chi connectivity index (χ2n) is 12.8. The zero-order valence-electron chi connectivity index (χ0n) is 24.2. The molecule has 2 saturated heterocycles. The number of likely N-dealkylation sites (tertiary alicyclic amines) is 1. The number of hydrogen-bond acceptors (Lipinski definition) is 7. The zero-order chi connectivity index (χ0) is 30.0. The SMILES string of the molecule is C=C(F)C(=O)N1CCN(c2nc(OC[C@@H]3C[C@H]4C[C@H]4N3C)nc3c2CC[C@@]2(CCc4c(Cl)cccc42)[C@H]3F)C[C@@H]1CC#N. The standard InChI is InChI=1S/C32H35ClF2N6O2/c1-18(34)30(42)41-13-12-40(16-20(41)8-11-36)29-23-7-10-32(9-6-22-24(32)4-3-5-25(22)33)28(35)27(23)37-31(38-29)43-17-21-14-19-15-26(19)39(21)2/h3-5,19-21,26,28H,1,6-10,12-17H2,2H3/t19-,20-,21-,26+,28-,32+/m0/s1. The van der Waals surface area contributed by atoms with Gasteiger partial charge in [-0.15, -0.1) is 0 Å². The number of fused-ring (bicyclic) bond motifs is 4. The molecule has 5 aliphatic rings. The molecule has 43 heavy (non-hydrogen) atoms. The van der Waals surface area contributed by atoms with E-state index < -0.39 is 29.4 Å². The average Bonchev–Trinajstić information content (AvgIpc) is 3.57. The third-order valence-electron chi connectivity index (χ3n) is 10.6. The lowest BCUT2D eigenvalue weighted by atomic mass is 9.68. The van der Waals surface area contributed by atoms with Crippen LogP contribution in [0.4, 0.5) is 14.6 Å². The first-order chi connectivity index (χ1) is 20.7. The van der Waals surface area contributed by atoms with Gasteiger partial charge in [-0.3, -0.25) is 9.69 Å². The van der Waals surface area contributed by atoms with E-state index in [1.807, 2.05) is 23.1 Å². The molecule has 0 N–H and O–H groups in total. The van der Waals surface area contributed by atoms with Gasteiger partial charge in [0.25, 0.3) is 5.91 Å². The maximum atomic E-state index is 17.0. The van der Waals surface area contributed by atoms with E-state index in [1.54, 1.807) is 0 Å². The van der Waals surface area contributed by atoms with Gasteiger partial charge in [-0.05, 0) is 68.7 Å². The molecule has 0 unspecified atom stereocenters. The minimum Gasteiger partial charge on any atom is -0.462 e. The summed E-state index contributed by atoms with van der Waals surface area (Å²) in [6, 6.07) is 8.31. The number of halogens is 3. The number of alkyl halides is 1. The Morgan fingerprint density at radius 2 is 2.00 bits per heavy atom. The molecule has 226 valence electrons. The van der Waals surface area contributed by atoms with Crippen LogP contribution in [0.5, 0.6) is 6.01 Å². The summed E-state index contributed by atoms with van der Waals surface area (Å²) in [7, 11) is 2.12. The van der Waals surface area contributed by atoms with Gasteiger partial charge in [0.1, 0.15) is 12.4 Å². The molecule has 1 aromatic carbocycles. The molecule has 0 radical (unpaired) electrons. The maximum absolute atomic E-state index is 17.0. The fourth-order valence-corrected chi connectivity index (χ4v) is 8.41. The molecule has 6 atom stereocenters. The number of nitriles is 1. The number of hydrogen-bond donors (Lipinski definition) is 0. The minimum absolute atomic E-state index is 0.0227. The van der Waals surface area contributed by atoms with Crippen molar-refractivity contribution in [2.24, 2.45) is 5.92 Å². The summed E-state index contributed by atoms with van der Waals surface area (Å²) in [6.07, 6.45) is 3.46. The summed E-state index contributed by atoms with van der Waals surface area (Å²) in [5.74, 6) is -0.571. The van der Waals surface area contributed by atoms with Crippen molar-refractivity contribution in [1.82, 2.24) is 19.8 Å². The van der Waals surface area contributed by atoms with Gasteiger partial charge in [0.2, 0.25) is 0 Å². The number of piperidine rings is 1. The molecule has 1 aromatic heterocycles. The lowest BCUT2D eigenvalue weighted by Crippen LogP contribution is -2.55. The van der Waals surface area contributed by atoms with Gasteiger partial charge in [0, 0.05) is 47.7 Å².